The van der Waals surface area contributed by atoms with Crippen molar-refractivity contribution in [3.63, 3.8) is 0 Å². The number of hydrogen-bond acceptors (Lipinski definition) is 3. The first-order valence-electron chi connectivity index (χ1n) is 5.83. The molecule has 1 aromatic rings. The highest BCUT2D eigenvalue weighted by molar-refractivity contribution is 7.97. The van der Waals surface area contributed by atoms with E-state index in [0.29, 0.717) is 10.9 Å². The fraction of sp³-hybridized carbons (Fsp3) is 0.538. The van der Waals surface area contributed by atoms with Crippen molar-refractivity contribution >= 4 is 10.9 Å². The number of rotatable bonds is 4. The Labute approximate surface area is 105 Å². The molecule has 0 aliphatic carbocycles. The van der Waals surface area contributed by atoms with Crippen LogP contribution >= 0.6 is 0 Å². The molecule has 0 radical (unpaired) electrons. The van der Waals surface area contributed by atoms with Crippen molar-refractivity contribution in [2.75, 3.05) is 25.7 Å². The Morgan fingerprint density at radius 1 is 1.12 bits per heavy atom. The molecule has 17 heavy (non-hydrogen) atoms. The Morgan fingerprint density at radius 3 is 2.06 bits per heavy atom. The van der Waals surface area contributed by atoms with Crippen molar-refractivity contribution in [2.24, 2.45) is 0 Å². The van der Waals surface area contributed by atoms with E-state index in [1.807, 2.05) is 0 Å². The smallest absolute Gasteiger partial charge is 0.162 e. The van der Waals surface area contributed by atoms with Crippen LogP contribution in [-0.2, 0) is 17.5 Å². The third-order valence-corrected chi connectivity index (χ3v) is 5.57. The number of hydrogen-bond donors (Lipinski definition) is 1. The maximum Gasteiger partial charge on any atom is 0.162 e. The first-order valence-corrected chi connectivity index (χ1v) is 7.39. The molecular weight excluding hydrogens is 236 g/mol. The minimum Gasteiger partial charge on any atom is -0.496 e. The zero-order valence-electron chi connectivity index (χ0n) is 10.4. The van der Waals surface area contributed by atoms with Crippen molar-refractivity contribution in [3.8, 4) is 11.5 Å². The summed E-state index contributed by atoms with van der Waals surface area (Å²) in [6, 6.07) is 4.12. The molecule has 0 spiro atoms. The van der Waals surface area contributed by atoms with Crippen molar-refractivity contribution < 1.29 is 14.6 Å². The molecule has 4 heteroatoms. The molecular formula is C13H19O3S+. The van der Waals surface area contributed by atoms with Crippen LogP contribution in [0.25, 0.3) is 0 Å². The van der Waals surface area contributed by atoms with E-state index in [1.165, 1.54) is 29.2 Å². The summed E-state index contributed by atoms with van der Waals surface area (Å²) in [6.07, 6.45) is 2.63. The number of ether oxygens (including phenoxy) is 2. The quantitative estimate of drug-likeness (QED) is 0.836. The van der Waals surface area contributed by atoms with Gasteiger partial charge in [-0.3, -0.25) is 0 Å². The summed E-state index contributed by atoms with van der Waals surface area (Å²) in [5.74, 6) is 4.01. The molecule has 0 aromatic heterocycles. The lowest BCUT2D eigenvalue weighted by molar-refractivity contribution is 0.264. The summed E-state index contributed by atoms with van der Waals surface area (Å²) in [7, 11) is 3.60. The standard InChI is InChI=1S/C13H19O3S/c1-15-12-7-10(17-5-3-4-6-17)8-13(16-2)11(12)9-14/h7-8,14H,3-6,9H2,1-2H3/q+1. The van der Waals surface area contributed by atoms with E-state index < -0.39 is 0 Å². The number of aliphatic hydroxyl groups is 1. The molecule has 0 atom stereocenters. The van der Waals surface area contributed by atoms with Crippen molar-refractivity contribution in [3.05, 3.63) is 17.7 Å². The lowest BCUT2D eigenvalue weighted by Crippen LogP contribution is -2.06. The zero-order valence-corrected chi connectivity index (χ0v) is 11.2. The van der Waals surface area contributed by atoms with Gasteiger partial charge in [0, 0.05) is 23.0 Å². The predicted octanol–water partition coefficient (Wildman–Crippen LogP) is 1.97. The highest BCUT2D eigenvalue weighted by Gasteiger charge is 2.29. The monoisotopic (exact) mass is 255 g/mol. The maximum absolute atomic E-state index is 9.36. The molecule has 1 aliphatic rings. The highest BCUT2D eigenvalue weighted by Crippen LogP contribution is 2.35. The fourth-order valence-corrected chi connectivity index (χ4v) is 4.50. The van der Waals surface area contributed by atoms with Gasteiger partial charge in [-0.1, -0.05) is 0 Å². The molecule has 0 bridgehead atoms. The lowest BCUT2D eigenvalue weighted by Gasteiger charge is -2.12. The summed E-state index contributed by atoms with van der Waals surface area (Å²) in [5, 5.41) is 9.36. The summed E-state index contributed by atoms with van der Waals surface area (Å²) in [6.45, 7) is -0.0552. The SMILES string of the molecule is COc1cc([S+]2CCCC2)cc(OC)c1CO. The van der Waals surface area contributed by atoms with E-state index in [1.54, 1.807) is 14.2 Å². The topological polar surface area (TPSA) is 38.7 Å². The summed E-state index contributed by atoms with van der Waals surface area (Å²) in [5.41, 5.74) is 0.738. The molecule has 1 aromatic carbocycles. The zero-order chi connectivity index (χ0) is 12.3. The van der Waals surface area contributed by atoms with Crippen molar-refractivity contribution in [1.82, 2.24) is 0 Å². The van der Waals surface area contributed by atoms with Gasteiger partial charge in [-0.05, 0) is 12.8 Å². The minimum atomic E-state index is -0.0552. The normalized spacial score (nSPS) is 16.2. The molecule has 0 unspecified atom stereocenters. The Hall–Kier alpha value is -0.870. The number of aliphatic hydroxyl groups excluding tert-OH is 1. The second-order valence-corrected chi connectivity index (χ2v) is 6.35. The average Bonchev–Trinajstić information content (AvgIpc) is 2.90. The Balaban J connectivity index is 2.40. The molecule has 2 rings (SSSR count). The molecule has 0 saturated carbocycles. The second-order valence-electron chi connectivity index (χ2n) is 4.07. The van der Waals surface area contributed by atoms with Crippen LogP contribution in [0.2, 0.25) is 0 Å². The van der Waals surface area contributed by atoms with Gasteiger partial charge in [-0.2, -0.15) is 0 Å². The van der Waals surface area contributed by atoms with E-state index in [2.05, 4.69) is 12.1 Å². The van der Waals surface area contributed by atoms with Gasteiger partial charge in [0.2, 0.25) is 0 Å². The third-order valence-electron chi connectivity index (χ3n) is 3.10. The van der Waals surface area contributed by atoms with Gasteiger partial charge < -0.3 is 14.6 Å². The van der Waals surface area contributed by atoms with Gasteiger partial charge in [0.05, 0.1) is 26.4 Å². The summed E-state index contributed by atoms with van der Waals surface area (Å²) < 4.78 is 10.7. The summed E-state index contributed by atoms with van der Waals surface area (Å²) in [4.78, 5) is 1.30. The highest BCUT2D eigenvalue weighted by atomic mass is 32.2. The van der Waals surface area contributed by atoms with Gasteiger partial charge in [-0.25, -0.2) is 0 Å². The van der Waals surface area contributed by atoms with Crippen molar-refractivity contribution in [2.45, 2.75) is 24.3 Å². The van der Waals surface area contributed by atoms with E-state index in [9.17, 15) is 5.11 Å². The molecule has 94 valence electrons. The van der Waals surface area contributed by atoms with Crippen LogP contribution in [0.5, 0.6) is 11.5 Å². The van der Waals surface area contributed by atoms with Crippen LogP contribution in [0.3, 0.4) is 0 Å². The summed E-state index contributed by atoms with van der Waals surface area (Å²) >= 11 is 0. The average molecular weight is 255 g/mol. The van der Waals surface area contributed by atoms with Gasteiger partial charge >= 0.3 is 0 Å². The van der Waals surface area contributed by atoms with E-state index in [4.69, 9.17) is 9.47 Å². The molecule has 1 fully saturated rings. The number of methoxy groups -OCH3 is 2. The molecule has 1 N–H and O–H groups in total. The van der Waals surface area contributed by atoms with Gasteiger partial charge in [0.1, 0.15) is 23.0 Å². The second kappa shape index (κ2) is 5.65. The van der Waals surface area contributed by atoms with Gasteiger partial charge in [0.15, 0.2) is 4.90 Å². The largest absolute Gasteiger partial charge is 0.496 e. The van der Waals surface area contributed by atoms with Crippen LogP contribution < -0.4 is 9.47 Å². The van der Waals surface area contributed by atoms with Crippen LogP contribution in [0.4, 0.5) is 0 Å². The van der Waals surface area contributed by atoms with Crippen LogP contribution in [-0.4, -0.2) is 30.8 Å². The molecule has 1 aliphatic heterocycles. The van der Waals surface area contributed by atoms with Gasteiger partial charge in [-0.15, -0.1) is 0 Å². The van der Waals surface area contributed by atoms with Crippen LogP contribution in [0.1, 0.15) is 18.4 Å². The Bertz CT molecular complexity index is 361. The van der Waals surface area contributed by atoms with Crippen LogP contribution in [0, 0.1) is 0 Å². The Kier molecular flexibility index (Phi) is 4.18. The van der Waals surface area contributed by atoms with E-state index in [-0.39, 0.29) is 6.61 Å². The molecule has 1 saturated heterocycles. The Morgan fingerprint density at radius 2 is 1.65 bits per heavy atom. The number of benzene rings is 1. The maximum atomic E-state index is 9.36. The van der Waals surface area contributed by atoms with Crippen molar-refractivity contribution in [1.29, 1.82) is 0 Å². The van der Waals surface area contributed by atoms with Crippen LogP contribution in [0.15, 0.2) is 17.0 Å². The molecule has 1 heterocycles. The van der Waals surface area contributed by atoms with E-state index >= 15 is 0 Å². The van der Waals surface area contributed by atoms with Gasteiger partial charge in [0.25, 0.3) is 0 Å². The molecule has 3 nitrogen and oxygen atoms in total. The molecule has 0 amide bonds. The minimum absolute atomic E-state index is 0.0552. The van der Waals surface area contributed by atoms with E-state index in [0.717, 1.165) is 17.1 Å². The fourth-order valence-electron chi connectivity index (χ4n) is 2.17. The predicted molar refractivity (Wildman–Crippen MR) is 70.1 cm³/mol. The first-order chi connectivity index (χ1) is 8.30. The lowest BCUT2D eigenvalue weighted by atomic mass is 10.2. The first kappa shape index (κ1) is 12.6. The third kappa shape index (κ3) is 2.53.